The number of hydrogen-bond donors (Lipinski definition) is 2. The van der Waals surface area contributed by atoms with Crippen LogP contribution in [0.3, 0.4) is 0 Å². The highest BCUT2D eigenvalue weighted by atomic mass is 16.2. The van der Waals surface area contributed by atoms with Gasteiger partial charge in [-0.15, -0.1) is 0 Å². The molecule has 1 heterocycles. The molecule has 0 bridgehead atoms. The maximum absolute atomic E-state index is 12.4. The molecule has 0 spiro atoms. The molecule has 0 aliphatic heterocycles. The second-order valence-corrected chi connectivity index (χ2v) is 6.99. The number of amides is 2. The van der Waals surface area contributed by atoms with Crippen LogP contribution in [0.5, 0.6) is 0 Å². The average Bonchev–Trinajstić information content (AvgIpc) is 3.08. The summed E-state index contributed by atoms with van der Waals surface area (Å²) in [5.74, 6) is -0.0661. The number of aromatic amines is 1. The van der Waals surface area contributed by atoms with Gasteiger partial charge in [-0.05, 0) is 36.1 Å². The molecule has 0 aliphatic rings. The number of rotatable bonds is 7. The van der Waals surface area contributed by atoms with Crippen LogP contribution in [0.1, 0.15) is 30.5 Å². The molecule has 1 aromatic heterocycles. The Morgan fingerprint density at radius 1 is 1.07 bits per heavy atom. The average molecular weight is 377 g/mol. The standard InChI is InChI=1S/C23H27N3O2/c1-4-18-9-7-8-16(2)23(18)26(17(3)27)13-12-24-22(28)14-19-15-25-21-11-6-5-10-20(19)21/h5-11,15,25H,4,12-14H2,1-3H3,(H,24,28). The van der Waals surface area contributed by atoms with Gasteiger partial charge in [0.05, 0.1) is 6.42 Å². The fraction of sp³-hybridized carbons (Fsp3) is 0.304. The third-order valence-corrected chi connectivity index (χ3v) is 5.04. The highest BCUT2D eigenvalue weighted by Gasteiger charge is 2.17. The predicted molar refractivity (Wildman–Crippen MR) is 114 cm³/mol. The zero-order chi connectivity index (χ0) is 20.1. The zero-order valence-electron chi connectivity index (χ0n) is 16.7. The van der Waals surface area contributed by atoms with Crippen molar-refractivity contribution < 1.29 is 9.59 Å². The van der Waals surface area contributed by atoms with Gasteiger partial charge in [0.1, 0.15) is 0 Å². The van der Waals surface area contributed by atoms with Crippen molar-refractivity contribution in [2.45, 2.75) is 33.6 Å². The smallest absolute Gasteiger partial charge is 0.224 e. The summed E-state index contributed by atoms with van der Waals surface area (Å²) in [7, 11) is 0. The van der Waals surface area contributed by atoms with Crippen molar-refractivity contribution in [3.63, 3.8) is 0 Å². The molecule has 2 amide bonds. The van der Waals surface area contributed by atoms with Crippen molar-refractivity contribution in [2.75, 3.05) is 18.0 Å². The van der Waals surface area contributed by atoms with Crippen LogP contribution in [0.4, 0.5) is 5.69 Å². The Labute approximate surface area is 165 Å². The Morgan fingerprint density at radius 3 is 2.61 bits per heavy atom. The summed E-state index contributed by atoms with van der Waals surface area (Å²) in [5, 5.41) is 4.02. The van der Waals surface area contributed by atoms with Crippen LogP contribution in [0.15, 0.2) is 48.7 Å². The van der Waals surface area contributed by atoms with Crippen molar-refractivity contribution in [1.82, 2.24) is 10.3 Å². The molecule has 0 aliphatic carbocycles. The monoisotopic (exact) mass is 377 g/mol. The highest BCUT2D eigenvalue weighted by molar-refractivity contribution is 5.93. The number of aryl methyl sites for hydroxylation is 2. The third kappa shape index (κ3) is 4.25. The summed E-state index contributed by atoms with van der Waals surface area (Å²) in [5.41, 5.74) is 5.17. The highest BCUT2D eigenvalue weighted by Crippen LogP contribution is 2.25. The number of benzene rings is 2. The van der Waals surface area contributed by atoms with Crippen molar-refractivity contribution in [3.05, 3.63) is 65.4 Å². The number of aromatic nitrogens is 1. The second-order valence-electron chi connectivity index (χ2n) is 6.99. The van der Waals surface area contributed by atoms with E-state index in [1.807, 2.05) is 55.6 Å². The number of para-hydroxylation sites is 2. The molecule has 0 radical (unpaired) electrons. The summed E-state index contributed by atoms with van der Waals surface area (Å²) in [6.45, 7) is 6.53. The summed E-state index contributed by atoms with van der Waals surface area (Å²) >= 11 is 0. The molecule has 146 valence electrons. The van der Waals surface area contributed by atoms with E-state index in [0.29, 0.717) is 19.5 Å². The van der Waals surface area contributed by atoms with Crippen molar-refractivity contribution in [3.8, 4) is 0 Å². The molecule has 3 rings (SSSR count). The summed E-state index contributed by atoms with van der Waals surface area (Å²) in [4.78, 5) is 29.6. The van der Waals surface area contributed by atoms with Gasteiger partial charge < -0.3 is 15.2 Å². The quantitative estimate of drug-likeness (QED) is 0.659. The molecule has 0 fully saturated rings. The van der Waals surface area contributed by atoms with E-state index in [4.69, 9.17) is 0 Å². The van der Waals surface area contributed by atoms with Crippen LogP contribution in [-0.4, -0.2) is 29.9 Å². The van der Waals surface area contributed by atoms with E-state index in [0.717, 1.165) is 39.7 Å². The number of anilines is 1. The fourth-order valence-corrected chi connectivity index (χ4v) is 3.64. The second kappa shape index (κ2) is 8.74. The Balaban J connectivity index is 1.64. The molecule has 5 nitrogen and oxygen atoms in total. The van der Waals surface area contributed by atoms with E-state index in [9.17, 15) is 9.59 Å². The first-order valence-electron chi connectivity index (χ1n) is 9.69. The predicted octanol–water partition coefficient (Wildman–Crippen LogP) is 3.75. The van der Waals surface area contributed by atoms with Gasteiger partial charge >= 0.3 is 0 Å². The molecule has 0 unspecified atom stereocenters. The summed E-state index contributed by atoms with van der Waals surface area (Å²) in [6, 6.07) is 14.0. The molecule has 5 heteroatoms. The normalized spacial score (nSPS) is 10.8. The Kier molecular flexibility index (Phi) is 6.14. The minimum atomic E-state index is -0.0475. The lowest BCUT2D eigenvalue weighted by Gasteiger charge is -2.26. The van der Waals surface area contributed by atoms with Crippen LogP contribution in [0.2, 0.25) is 0 Å². The summed E-state index contributed by atoms with van der Waals surface area (Å²) in [6.07, 6.45) is 3.05. The van der Waals surface area contributed by atoms with Gasteiger partial charge in [0, 0.05) is 42.8 Å². The fourth-order valence-electron chi connectivity index (χ4n) is 3.64. The van der Waals surface area contributed by atoms with E-state index >= 15 is 0 Å². The molecule has 28 heavy (non-hydrogen) atoms. The molecular weight excluding hydrogens is 350 g/mol. The molecule has 0 saturated carbocycles. The van der Waals surface area contributed by atoms with Gasteiger partial charge in [0.25, 0.3) is 0 Å². The minimum absolute atomic E-state index is 0.0186. The molecule has 0 saturated heterocycles. The first-order chi connectivity index (χ1) is 13.5. The third-order valence-electron chi connectivity index (χ3n) is 5.04. The zero-order valence-corrected chi connectivity index (χ0v) is 16.7. The lowest BCUT2D eigenvalue weighted by molar-refractivity contribution is -0.121. The maximum atomic E-state index is 12.4. The van der Waals surface area contributed by atoms with E-state index in [1.165, 1.54) is 0 Å². The number of carbonyl (C=O) groups is 2. The van der Waals surface area contributed by atoms with Crippen molar-refractivity contribution >= 4 is 28.4 Å². The van der Waals surface area contributed by atoms with Gasteiger partial charge in [0.2, 0.25) is 11.8 Å². The molecule has 2 aromatic carbocycles. The van der Waals surface area contributed by atoms with E-state index in [2.05, 4.69) is 17.2 Å². The number of nitrogens with one attached hydrogen (secondary N) is 2. The van der Waals surface area contributed by atoms with Crippen molar-refractivity contribution in [2.24, 2.45) is 0 Å². The van der Waals surface area contributed by atoms with E-state index in [-0.39, 0.29) is 11.8 Å². The lowest BCUT2D eigenvalue weighted by atomic mass is 10.0. The molecular formula is C23H27N3O2. The number of carbonyl (C=O) groups excluding carboxylic acids is 2. The lowest BCUT2D eigenvalue weighted by Crippen LogP contribution is -2.38. The van der Waals surface area contributed by atoms with Crippen LogP contribution in [0, 0.1) is 6.92 Å². The topological polar surface area (TPSA) is 65.2 Å². The Hall–Kier alpha value is -3.08. The van der Waals surface area contributed by atoms with Gasteiger partial charge in [0.15, 0.2) is 0 Å². The molecule has 2 N–H and O–H groups in total. The molecule has 0 atom stereocenters. The Bertz CT molecular complexity index is 990. The van der Waals surface area contributed by atoms with E-state index in [1.54, 1.807) is 11.8 Å². The first-order valence-corrected chi connectivity index (χ1v) is 9.69. The van der Waals surface area contributed by atoms with E-state index < -0.39 is 0 Å². The van der Waals surface area contributed by atoms with Crippen molar-refractivity contribution in [1.29, 1.82) is 0 Å². The number of hydrogen-bond acceptors (Lipinski definition) is 2. The minimum Gasteiger partial charge on any atom is -0.361 e. The van der Waals surface area contributed by atoms with Gasteiger partial charge in [-0.2, -0.15) is 0 Å². The van der Waals surface area contributed by atoms with Crippen LogP contribution >= 0.6 is 0 Å². The summed E-state index contributed by atoms with van der Waals surface area (Å²) < 4.78 is 0. The first kappa shape index (κ1) is 19.7. The van der Waals surface area contributed by atoms with Crippen LogP contribution < -0.4 is 10.2 Å². The van der Waals surface area contributed by atoms with Gasteiger partial charge in [-0.1, -0.05) is 43.3 Å². The molecule has 3 aromatic rings. The van der Waals surface area contributed by atoms with Gasteiger partial charge in [-0.25, -0.2) is 0 Å². The number of nitrogens with zero attached hydrogens (tertiary/aromatic N) is 1. The maximum Gasteiger partial charge on any atom is 0.224 e. The SMILES string of the molecule is CCc1cccc(C)c1N(CCNC(=O)Cc1c[nH]c2ccccc12)C(C)=O. The van der Waals surface area contributed by atoms with Crippen LogP contribution in [-0.2, 0) is 22.4 Å². The number of fused-ring (bicyclic) bond motifs is 1. The van der Waals surface area contributed by atoms with Crippen LogP contribution in [0.25, 0.3) is 10.9 Å². The number of H-pyrrole nitrogens is 1. The Morgan fingerprint density at radius 2 is 1.86 bits per heavy atom. The van der Waals surface area contributed by atoms with Gasteiger partial charge in [-0.3, -0.25) is 9.59 Å². The largest absolute Gasteiger partial charge is 0.361 e.